The van der Waals surface area contributed by atoms with Crippen LogP contribution in [0.25, 0.3) is 4.91 Å². The van der Waals surface area contributed by atoms with E-state index in [4.69, 9.17) is 28.9 Å². The van der Waals surface area contributed by atoms with Crippen molar-refractivity contribution in [3.8, 4) is 0 Å². The van der Waals surface area contributed by atoms with E-state index in [0.717, 1.165) is 12.1 Å². The third-order valence-corrected chi connectivity index (χ3v) is 9.01. The monoisotopic (exact) mass is 496 g/mol. The quantitative estimate of drug-likeness (QED) is 0.421. The zero-order chi connectivity index (χ0) is 22.6. The molecule has 0 aliphatic carbocycles. The Morgan fingerprint density at radius 1 is 0.871 bits per heavy atom. The molecule has 3 aromatic rings. The molecular weight excluding hydrogens is 483 g/mol. The molecule has 1 heterocycles. The molecule has 0 bridgehead atoms. The van der Waals surface area contributed by atoms with Gasteiger partial charge in [0.2, 0.25) is 14.7 Å². The molecule has 4 rings (SSSR count). The van der Waals surface area contributed by atoms with Crippen molar-refractivity contribution in [3.63, 3.8) is 0 Å². The number of hydrogen-bond donors (Lipinski definition) is 2. The molecule has 0 aromatic heterocycles. The van der Waals surface area contributed by atoms with Gasteiger partial charge in [-0.1, -0.05) is 71.7 Å². The van der Waals surface area contributed by atoms with Gasteiger partial charge in [-0.3, -0.25) is 4.55 Å². The molecule has 7 nitrogen and oxygen atoms in total. The lowest BCUT2D eigenvalue weighted by molar-refractivity contribution is 0.455. The smallest absolute Gasteiger partial charge is 0.300 e. The van der Waals surface area contributed by atoms with Gasteiger partial charge >= 0.3 is 10.1 Å². The minimum Gasteiger partial charge on any atom is -0.397 e. The summed E-state index contributed by atoms with van der Waals surface area (Å²) in [6.45, 7) is 0. The van der Waals surface area contributed by atoms with Crippen molar-refractivity contribution in [2.45, 2.75) is 9.77 Å². The third-order valence-electron chi connectivity index (χ3n) is 4.88. The second kappa shape index (κ2) is 7.32. The van der Waals surface area contributed by atoms with Gasteiger partial charge in [0.1, 0.15) is 4.91 Å². The van der Waals surface area contributed by atoms with Crippen molar-refractivity contribution in [1.29, 1.82) is 0 Å². The lowest BCUT2D eigenvalue weighted by Gasteiger charge is -2.27. The average Bonchev–Trinajstić information content (AvgIpc) is 3.08. The number of fused-ring (bicyclic) bond motifs is 1. The lowest BCUT2D eigenvalue weighted by Crippen LogP contribution is -2.38. The SMILES string of the molecule is Nc1cc(Cl)c(S(=O)(=O)C2=c3ccccc3=NC2(c2ccccc2)S(=O)(=O)O)cc1Cl. The minimum absolute atomic E-state index is 0.0213. The van der Waals surface area contributed by atoms with Crippen LogP contribution in [0.1, 0.15) is 5.56 Å². The number of hydrogen-bond acceptors (Lipinski definition) is 6. The van der Waals surface area contributed by atoms with Gasteiger partial charge in [0.25, 0.3) is 0 Å². The molecule has 1 unspecified atom stereocenters. The van der Waals surface area contributed by atoms with E-state index < -0.39 is 34.6 Å². The van der Waals surface area contributed by atoms with Gasteiger partial charge in [0.05, 0.1) is 26.0 Å². The summed E-state index contributed by atoms with van der Waals surface area (Å²) < 4.78 is 63.7. The number of nitrogens with zero attached hydrogens (tertiary/aromatic N) is 1. The van der Waals surface area contributed by atoms with Crippen LogP contribution >= 0.6 is 23.2 Å². The van der Waals surface area contributed by atoms with Gasteiger partial charge in [-0.25, -0.2) is 13.4 Å². The Bertz CT molecular complexity index is 1560. The highest BCUT2D eigenvalue weighted by Crippen LogP contribution is 2.46. The summed E-state index contributed by atoms with van der Waals surface area (Å²) >= 11 is 12.2. The minimum atomic E-state index is -5.14. The van der Waals surface area contributed by atoms with E-state index >= 15 is 0 Å². The predicted octanol–water partition coefficient (Wildman–Crippen LogP) is 2.53. The fourth-order valence-corrected chi connectivity index (χ4v) is 7.68. The highest BCUT2D eigenvalue weighted by molar-refractivity contribution is 8.02. The van der Waals surface area contributed by atoms with Crippen LogP contribution in [0.4, 0.5) is 5.69 Å². The van der Waals surface area contributed by atoms with Crippen molar-refractivity contribution in [3.05, 3.63) is 92.9 Å². The van der Waals surface area contributed by atoms with Crippen LogP contribution in [0.3, 0.4) is 0 Å². The van der Waals surface area contributed by atoms with E-state index in [-0.39, 0.29) is 31.9 Å². The van der Waals surface area contributed by atoms with Crippen LogP contribution in [0, 0.1) is 0 Å². The van der Waals surface area contributed by atoms with Gasteiger partial charge in [-0.15, -0.1) is 0 Å². The summed E-state index contributed by atoms with van der Waals surface area (Å²) in [5, 5.41) is -0.228. The van der Waals surface area contributed by atoms with Gasteiger partial charge in [-0.2, -0.15) is 8.42 Å². The molecule has 1 atom stereocenters. The Morgan fingerprint density at radius 2 is 1.48 bits per heavy atom. The Kier molecular flexibility index (Phi) is 5.14. The molecular formula is C20H14Cl2N2O5S2. The molecule has 1 aliphatic rings. The first-order valence-corrected chi connectivity index (χ1v) is 12.4. The van der Waals surface area contributed by atoms with E-state index in [1.807, 2.05) is 0 Å². The molecule has 0 radical (unpaired) electrons. The normalized spacial score (nSPS) is 18.5. The summed E-state index contributed by atoms with van der Waals surface area (Å²) in [6.07, 6.45) is 0. The molecule has 3 aromatic carbocycles. The summed E-state index contributed by atoms with van der Waals surface area (Å²) in [5.74, 6) is 0. The van der Waals surface area contributed by atoms with Crippen molar-refractivity contribution in [2.24, 2.45) is 4.99 Å². The first-order valence-electron chi connectivity index (χ1n) is 8.72. The largest absolute Gasteiger partial charge is 0.397 e. The number of benzene rings is 3. The molecule has 160 valence electrons. The van der Waals surface area contributed by atoms with Gasteiger partial charge < -0.3 is 5.73 Å². The molecule has 0 amide bonds. The van der Waals surface area contributed by atoms with Crippen molar-refractivity contribution in [1.82, 2.24) is 0 Å². The van der Waals surface area contributed by atoms with E-state index in [0.29, 0.717) is 0 Å². The zero-order valence-electron chi connectivity index (χ0n) is 15.5. The van der Waals surface area contributed by atoms with Crippen LogP contribution in [-0.4, -0.2) is 21.4 Å². The maximum Gasteiger partial charge on any atom is 0.300 e. The lowest BCUT2D eigenvalue weighted by atomic mass is 10.1. The fraction of sp³-hybridized carbons (Fsp3) is 0.0500. The number of anilines is 1. The number of sulfone groups is 1. The molecule has 0 saturated heterocycles. The summed E-state index contributed by atoms with van der Waals surface area (Å²) in [5.41, 5.74) is 5.71. The fourth-order valence-electron chi connectivity index (χ4n) is 3.54. The Labute approximate surface area is 188 Å². The zero-order valence-corrected chi connectivity index (χ0v) is 18.7. The standard InChI is InChI=1S/C20H14Cl2N2O5S2/c21-14-11-18(15(22)10-16(14)23)30(25,26)19-13-8-4-5-9-17(13)24-20(19,31(27,28)29)12-6-2-1-3-7-12/h1-11H,23H2,(H,27,28,29). The Hall–Kier alpha value is -2.43. The average molecular weight is 497 g/mol. The highest BCUT2D eigenvalue weighted by atomic mass is 35.5. The second-order valence-corrected chi connectivity index (χ2v) is 11.0. The van der Waals surface area contributed by atoms with Crippen LogP contribution < -0.4 is 16.3 Å². The van der Waals surface area contributed by atoms with E-state index in [1.54, 1.807) is 12.1 Å². The van der Waals surface area contributed by atoms with E-state index in [1.165, 1.54) is 42.5 Å². The maximum atomic E-state index is 13.9. The molecule has 11 heteroatoms. The topological polar surface area (TPSA) is 127 Å². The van der Waals surface area contributed by atoms with Gasteiger partial charge in [-0.05, 0) is 18.2 Å². The Balaban J connectivity index is 2.22. The molecule has 31 heavy (non-hydrogen) atoms. The summed E-state index contributed by atoms with van der Waals surface area (Å²) in [4.78, 5) is 0.476. The Morgan fingerprint density at radius 3 is 2.13 bits per heavy atom. The number of halogens is 2. The van der Waals surface area contributed by atoms with Crippen LogP contribution in [0.15, 0.2) is 76.6 Å². The summed E-state index contributed by atoms with van der Waals surface area (Å²) in [6, 6.07) is 15.6. The molecule has 1 aliphatic heterocycles. The van der Waals surface area contributed by atoms with Crippen LogP contribution in [-0.2, 0) is 24.8 Å². The molecule has 0 spiro atoms. The second-order valence-electron chi connectivity index (χ2n) is 6.75. The predicted molar refractivity (Wildman–Crippen MR) is 118 cm³/mol. The van der Waals surface area contributed by atoms with Crippen molar-refractivity contribution >= 4 is 53.7 Å². The van der Waals surface area contributed by atoms with Gasteiger partial charge in [0.15, 0.2) is 0 Å². The first-order chi connectivity index (χ1) is 14.5. The number of para-hydroxylation sites is 1. The van der Waals surface area contributed by atoms with E-state index in [9.17, 15) is 21.4 Å². The first kappa shape index (κ1) is 21.8. The van der Waals surface area contributed by atoms with Crippen LogP contribution in [0.5, 0.6) is 0 Å². The maximum absolute atomic E-state index is 13.9. The number of rotatable bonds is 4. The molecule has 3 N–H and O–H groups in total. The van der Waals surface area contributed by atoms with Crippen molar-refractivity contribution < 1.29 is 21.4 Å². The highest BCUT2D eigenvalue weighted by Gasteiger charge is 2.56. The summed E-state index contributed by atoms with van der Waals surface area (Å²) in [7, 11) is -9.79. The third kappa shape index (κ3) is 3.24. The molecule has 0 fully saturated rings. The van der Waals surface area contributed by atoms with Crippen LogP contribution in [0.2, 0.25) is 10.0 Å². The van der Waals surface area contributed by atoms with Crippen molar-refractivity contribution in [2.75, 3.05) is 5.73 Å². The molecule has 0 saturated carbocycles. The van der Waals surface area contributed by atoms with E-state index in [2.05, 4.69) is 4.99 Å². The van der Waals surface area contributed by atoms with Gasteiger partial charge in [0, 0.05) is 10.8 Å². The number of nitrogens with two attached hydrogens (primary N) is 1. The number of nitrogen functional groups attached to an aromatic ring is 1.